The highest BCUT2D eigenvalue weighted by Crippen LogP contribution is 2.54. The van der Waals surface area contributed by atoms with Gasteiger partial charge in [0.2, 0.25) is 5.78 Å². The highest BCUT2D eigenvalue weighted by Gasteiger charge is 2.64. The maximum absolute atomic E-state index is 14.5. The van der Waals surface area contributed by atoms with Gasteiger partial charge in [-0.3, -0.25) is 19.3 Å². The quantitative estimate of drug-likeness (QED) is 0.275. The van der Waals surface area contributed by atoms with Crippen LogP contribution in [-0.4, -0.2) is 75.1 Å². The lowest BCUT2D eigenvalue weighted by Crippen LogP contribution is -2.65. The minimum atomic E-state index is -4.87. The molecule has 4 aliphatic rings. The average Bonchev–Trinajstić information content (AvgIpc) is 2.81. The van der Waals surface area contributed by atoms with E-state index in [1.165, 1.54) is 19.0 Å². The van der Waals surface area contributed by atoms with Crippen molar-refractivity contribution < 1.29 is 48.0 Å². The molecule has 4 atom stereocenters. The monoisotopic (exact) mass is 579 g/mol. The van der Waals surface area contributed by atoms with Crippen LogP contribution in [0.25, 0.3) is 5.76 Å². The first-order valence-corrected chi connectivity index (χ1v) is 13.4. The number of aliphatic hydroxyl groups is 3. The van der Waals surface area contributed by atoms with Crippen LogP contribution in [0.1, 0.15) is 47.9 Å². The van der Waals surface area contributed by atoms with E-state index >= 15 is 0 Å². The van der Waals surface area contributed by atoms with Crippen molar-refractivity contribution in [3.8, 4) is 5.75 Å². The average molecular weight is 580 g/mol. The Morgan fingerprint density at radius 3 is 2.39 bits per heavy atom. The van der Waals surface area contributed by atoms with Crippen molar-refractivity contribution >= 4 is 23.2 Å². The fraction of sp³-hybridized carbons (Fsp3) is 0.536. The first-order chi connectivity index (χ1) is 19.1. The molecule has 0 radical (unpaired) electrons. The lowest BCUT2D eigenvalue weighted by molar-refractivity contribution is -0.153. The largest absolute Gasteiger partial charge is 0.508 e. The summed E-state index contributed by atoms with van der Waals surface area (Å²) >= 11 is 0. The lowest BCUT2D eigenvalue weighted by atomic mass is 9.57. The summed E-state index contributed by atoms with van der Waals surface area (Å²) in [6, 6.07) is -0.425. The number of nitrogens with one attached hydrogen (secondary N) is 1. The number of halogens is 3. The van der Waals surface area contributed by atoms with E-state index in [2.05, 4.69) is 5.32 Å². The highest BCUT2D eigenvalue weighted by atomic mass is 19.4. The molecule has 5 rings (SSSR count). The van der Waals surface area contributed by atoms with E-state index in [0.717, 1.165) is 25.3 Å². The van der Waals surface area contributed by atoms with Crippen LogP contribution in [0.5, 0.6) is 5.75 Å². The summed E-state index contributed by atoms with van der Waals surface area (Å²) in [5.74, 6) is -8.60. The van der Waals surface area contributed by atoms with Gasteiger partial charge in [-0.25, -0.2) is 0 Å². The second-order valence-electron chi connectivity index (χ2n) is 11.7. The number of carbonyl (C=O) groups excluding carboxylic acids is 3. The number of fused-ring (bicyclic) bond motifs is 3. The molecule has 1 amide bonds. The van der Waals surface area contributed by atoms with Gasteiger partial charge in [-0.2, -0.15) is 13.2 Å². The van der Waals surface area contributed by atoms with E-state index in [-0.39, 0.29) is 18.5 Å². The van der Waals surface area contributed by atoms with Crippen LogP contribution in [0.3, 0.4) is 0 Å². The molecule has 1 aromatic rings. The Kier molecular flexibility index (Phi) is 6.98. The number of hydrogen-bond donors (Lipinski definition) is 6. The first-order valence-electron chi connectivity index (χ1n) is 13.4. The molecule has 0 saturated heterocycles. The molecular weight excluding hydrogens is 547 g/mol. The molecule has 2 saturated carbocycles. The van der Waals surface area contributed by atoms with Crippen LogP contribution in [0, 0.1) is 17.8 Å². The standard InChI is InChI=1S/C28H32F3N3O7/c1-34(2)21-15-7-12-6-14-18(16(35)8-13(20(14)28(29,30)31)10-33-9-11-4-3-5-11)22(36)17(12)24(38)27(15,41)25(39)19(23(21)37)26(32)40/h8,11-12,15,21,33,35-36,39,41H,3-7,9-10H2,1-2H3,(H2,32,40)/t12-,15-,21-,27-/m0/s1. The molecule has 13 heteroatoms. The summed E-state index contributed by atoms with van der Waals surface area (Å²) < 4.78 is 43.6. The molecule has 0 aromatic heterocycles. The zero-order valence-electron chi connectivity index (χ0n) is 22.5. The number of nitrogens with zero attached hydrogens (tertiary/aromatic N) is 1. The molecule has 222 valence electrons. The Morgan fingerprint density at radius 1 is 1.20 bits per heavy atom. The van der Waals surface area contributed by atoms with Crippen LogP contribution in [0.4, 0.5) is 13.2 Å². The van der Waals surface area contributed by atoms with Crippen molar-refractivity contribution in [2.45, 2.75) is 56.5 Å². The van der Waals surface area contributed by atoms with E-state index in [0.29, 0.717) is 12.5 Å². The van der Waals surface area contributed by atoms with Crippen LogP contribution in [-0.2, 0) is 33.5 Å². The number of amides is 1. The Morgan fingerprint density at radius 2 is 1.85 bits per heavy atom. The molecule has 7 N–H and O–H groups in total. The van der Waals surface area contributed by atoms with E-state index in [4.69, 9.17) is 5.73 Å². The topological polar surface area (TPSA) is 173 Å². The van der Waals surface area contributed by atoms with E-state index in [9.17, 15) is 48.0 Å². The van der Waals surface area contributed by atoms with Gasteiger partial charge in [-0.15, -0.1) is 0 Å². The molecule has 10 nitrogen and oxygen atoms in total. The zero-order valence-corrected chi connectivity index (χ0v) is 22.5. The summed E-state index contributed by atoms with van der Waals surface area (Å²) in [5.41, 5.74) is -1.28. The normalized spacial score (nSPS) is 28.4. The fourth-order valence-electron chi connectivity index (χ4n) is 6.98. The van der Waals surface area contributed by atoms with Gasteiger partial charge in [0.15, 0.2) is 11.4 Å². The van der Waals surface area contributed by atoms with E-state index < -0.39 is 98.7 Å². The Bertz CT molecular complexity index is 1410. The van der Waals surface area contributed by atoms with Crippen molar-refractivity contribution in [3.63, 3.8) is 0 Å². The molecule has 4 aliphatic carbocycles. The van der Waals surface area contributed by atoms with Crippen molar-refractivity contribution in [1.29, 1.82) is 0 Å². The number of phenols is 1. The molecule has 0 aliphatic heterocycles. The number of aliphatic hydroxyl groups excluding tert-OH is 2. The Balaban J connectivity index is 1.66. The van der Waals surface area contributed by atoms with Gasteiger partial charge >= 0.3 is 6.18 Å². The number of aromatic hydroxyl groups is 1. The van der Waals surface area contributed by atoms with Crippen molar-refractivity contribution in [3.05, 3.63) is 45.2 Å². The lowest BCUT2D eigenvalue weighted by Gasteiger charge is -2.50. The number of hydrogen-bond acceptors (Lipinski definition) is 9. The minimum absolute atomic E-state index is 0.179. The number of alkyl halides is 3. The first kappa shape index (κ1) is 29.1. The molecule has 0 spiro atoms. The molecule has 0 bridgehead atoms. The third-order valence-corrected chi connectivity index (χ3v) is 9.06. The fourth-order valence-corrected chi connectivity index (χ4v) is 6.98. The maximum atomic E-state index is 14.5. The van der Waals surface area contributed by atoms with Gasteiger partial charge in [0.05, 0.1) is 17.2 Å². The summed E-state index contributed by atoms with van der Waals surface area (Å²) in [7, 11) is 2.88. The van der Waals surface area contributed by atoms with Crippen molar-refractivity contribution in [2.24, 2.45) is 23.5 Å². The number of benzene rings is 1. The number of primary amides is 1. The number of ketones is 2. The van der Waals surface area contributed by atoms with Crippen molar-refractivity contribution in [2.75, 3.05) is 20.6 Å². The predicted octanol–water partition coefficient (Wildman–Crippen LogP) is 1.87. The SMILES string of the molecule is CN(C)[C@@H]1C(=O)C(C(N)=O)=C(O)[C@@]2(O)C(=O)C3=C(O)c4c(O)cc(CNCC5CCC5)c(C(F)(F)F)c4C[C@H]3C[C@@H]12. The van der Waals surface area contributed by atoms with Gasteiger partial charge in [0.1, 0.15) is 22.8 Å². The number of nitrogens with two attached hydrogens (primary N) is 1. The zero-order chi connectivity index (χ0) is 30.2. The smallest absolute Gasteiger partial charge is 0.417 e. The summed E-state index contributed by atoms with van der Waals surface area (Å²) in [4.78, 5) is 40.4. The van der Waals surface area contributed by atoms with Gasteiger partial charge in [-0.1, -0.05) is 6.42 Å². The van der Waals surface area contributed by atoms with Crippen LogP contribution in [0.2, 0.25) is 0 Å². The summed E-state index contributed by atoms with van der Waals surface area (Å²) in [6.45, 7) is 0.341. The number of phenolic OH excluding ortho intramolecular Hbond substituents is 1. The van der Waals surface area contributed by atoms with Gasteiger partial charge in [0, 0.05) is 18.0 Å². The third kappa shape index (κ3) is 4.32. The Labute approximate surface area is 233 Å². The summed E-state index contributed by atoms with van der Waals surface area (Å²) in [6.07, 6.45) is -2.56. The molecule has 41 heavy (non-hydrogen) atoms. The predicted molar refractivity (Wildman–Crippen MR) is 138 cm³/mol. The number of rotatable bonds is 6. The van der Waals surface area contributed by atoms with E-state index in [1.807, 2.05) is 0 Å². The summed E-state index contributed by atoms with van der Waals surface area (Å²) in [5, 5.41) is 47.5. The third-order valence-electron chi connectivity index (χ3n) is 9.06. The molecule has 0 heterocycles. The number of Topliss-reactive ketones (excluding diaryl/α,β-unsaturated/α-hetero) is 2. The number of carbonyl (C=O) groups is 3. The highest BCUT2D eigenvalue weighted by molar-refractivity contribution is 6.24. The second-order valence-corrected chi connectivity index (χ2v) is 11.7. The van der Waals surface area contributed by atoms with Crippen LogP contribution < -0.4 is 11.1 Å². The van der Waals surface area contributed by atoms with Crippen molar-refractivity contribution in [1.82, 2.24) is 10.2 Å². The molecule has 0 unspecified atom stereocenters. The Hall–Kier alpha value is -3.42. The second kappa shape index (κ2) is 9.85. The van der Waals surface area contributed by atoms with Crippen LogP contribution >= 0.6 is 0 Å². The number of likely N-dealkylation sites (N-methyl/N-ethyl adjacent to an activating group) is 1. The van der Waals surface area contributed by atoms with Gasteiger partial charge in [-0.05, 0) is 75.4 Å². The molecule has 1 aromatic carbocycles. The minimum Gasteiger partial charge on any atom is -0.508 e. The van der Waals surface area contributed by atoms with E-state index in [1.54, 1.807) is 0 Å². The van der Waals surface area contributed by atoms with Crippen LogP contribution in [0.15, 0.2) is 23.0 Å². The molecular formula is C28H32F3N3O7. The van der Waals surface area contributed by atoms with Gasteiger partial charge < -0.3 is 31.5 Å². The van der Waals surface area contributed by atoms with Gasteiger partial charge in [0.25, 0.3) is 5.91 Å². The maximum Gasteiger partial charge on any atom is 0.417 e. The molecule has 2 fully saturated rings.